The smallest absolute Gasteiger partial charge is 0.362 e. The third-order valence-corrected chi connectivity index (χ3v) is 4.55. The van der Waals surface area contributed by atoms with Gasteiger partial charge in [-0.05, 0) is 6.07 Å². The molecule has 0 spiro atoms. The zero-order valence-electron chi connectivity index (χ0n) is 14.4. The first-order valence-corrected chi connectivity index (χ1v) is 8.36. The summed E-state index contributed by atoms with van der Waals surface area (Å²) in [5, 5.41) is 15.2. The average molecular weight is 393 g/mol. The molecular weight excluding hydrogens is 379 g/mol. The first kappa shape index (κ1) is 17.9. The van der Waals surface area contributed by atoms with E-state index in [4.69, 9.17) is 0 Å². The summed E-state index contributed by atoms with van der Waals surface area (Å²) in [4.78, 5) is 21.7. The third-order valence-electron chi connectivity index (χ3n) is 4.55. The number of aromatic nitrogens is 4. The van der Waals surface area contributed by atoms with Crippen LogP contribution in [-0.2, 0) is 6.18 Å². The molecule has 1 saturated heterocycles. The zero-order chi connectivity index (χ0) is 19.9. The Balaban J connectivity index is 1.61. The summed E-state index contributed by atoms with van der Waals surface area (Å²) in [6, 6.07) is 7.35. The van der Waals surface area contributed by atoms with Crippen molar-refractivity contribution in [2.24, 2.45) is 0 Å². The number of fused-ring (bicyclic) bond motifs is 1. The molecule has 0 radical (unpaired) electrons. The van der Waals surface area contributed by atoms with Crippen LogP contribution >= 0.6 is 0 Å². The Kier molecular flexibility index (Phi) is 4.24. The fraction of sp³-hybridized carbons (Fsp3) is 0.312. The molecule has 0 amide bonds. The van der Waals surface area contributed by atoms with E-state index in [9.17, 15) is 23.3 Å². The number of anilines is 2. The van der Waals surface area contributed by atoms with E-state index in [0.717, 1.165) is 12.4 Å². The largest absolute Gasteiger partial charge is 0.433 e. The van der Waals surface area contributed by atoms with Gasteiger partial charge in [-0.2, -0.15) is 27.8 Å². The van der Waals surface area contributed by atoms with Crippen LogP contribution in [0.5, 0.6) is 0 Å². The molecular formula is C16H14F3N7O2. The molecule has 12 heteroatoms. The first-order valence-electron chi connectivity index (χ1n) is 8.36. The molecule has 1 aliphatic heterocycles. The summed E-state index contributed by atoms with van der Waals surface area (Å²) in [5.74, 6) is 0.1000. The van der Waals surface area contributed by atoms with E-state index in [2.05, 4.69) is 15.1 Å². The van der Waals surface area contributed by atoms with Crippen molar-refractivity contribution < 1.29 is 18.1 Å². The van der Waals surface area contributed by atoms with E-state index >= 15 is 0 Å². The summed E-state index contributed by atoms with van der Waals surface area (Å²) in [7, 11) is 0. The average Bonchev–Trinajstić information content (AvgIpc) is 3.15. The van der Waals surface area contributed by atoms with Crippen molar-refractivity contribution in [2.75, 3.05) is 36.0 Å². The quantitative estimate of drug-likeness (QED) is 0.498. The van der Waals surface area contributed by atoms with Crippen LogP contribution < -0.4 is 9.80 Å². The minimum absolute atomic E-state index is 0.00196. The zero-order valence-corrected chi connectivity index (χ0v) is 14.4. The lowest BCUT2D eigenvalue weighted by molar-refractivity contribution is -0.384. The van der Waals surface area contributed by atoms with Crippen molar-refractivity contribution >= 4 is 23.0 Å². The third kappa shape index (κ3) is 3.17. The fourth-order valence-corrected chi connectivity index (χ4v) is 3.23. The van der Waals surface area contributed by atoms with Crippen LogP contribution in [0.3, 0.4) is 0 Å². The van der Waals surface area contributed by atoms with Crippen LogP contribution in [0, 0.1) is 10.1 Å². The maximum atomic E-state index is 13.2. The Hall–Kier alpha value is -3.44. The van der Waals surface area contributed by atoms with E-state index in [1.165, 1.54) is 10.6 Å². The summed E-state index contributed by atoms with van der Waals surface area (Å²) >= 11 is 0. The Morgan fingerprint density at radius 2 is 1.75 bits per heavy atom. The fourth-order valence-electron chi connectivity index (χ4n) is 3.23. The van der Waals surface area contributed by atoms with Gasteiger partial charge in [0.05, 0.1) is 4.92 Å². The van der Waals surface area contributed by atoms with Gasteiger partial charge in [-0.3, -0.25) is 10.1 Å². The van der Waals surface area contributed by atoms with Crippen LogP contribution in [0.25, 0.3) is 5.78 Å². The molecule has 0 saturated carbocycles. The summed E-state index contributed by atoms with van der Waals surface area (Å²) in [6.45, 7) is 1.54. The number of benzene rings is 1. The van der Waals surface area contributed by atoms with Gasteiger partial charge in [0.2, 0.25) is 0 Å². The van der Waals surface area contributed by atoms with Crippen LogP contribution in [0.2, 0.25) is 0 Å². The van der Waals surface area contributed by atoms with Crippen LogP contribution in [-0.4, -0.2) is 50.7 Å². The lowest BCUT2D eigenvalue weighted by Gasteiger charge is -2.36. The topological polar surface area (TPSA) is 92.7 Å². The molecule has 2 aromatic heterocycles. The number of nitro benzene ring substituents is 1. The van der Waals surface area contributed by atoms with Gasteiger partial charge in [0.25, 0.3) is 11.5 Å². The maximum Gasteiger partial charge on any atom is 0.433 e. The molecule has 3 aromatic rings. The van der Waals surface area contributed by atoms with Gasteiger partial charge >= 0.3 is 6.18 Å². The molecule has 1 aliphatic rings. The van der Waals surface area contributed by atoms with Crippen LogP contribution in [0.4, 0.5) is 30.4 Å². The molecule has 9 nitrogen and oxygen atoms in total. The Labute approximate surface area is 156 Å². The van der Waals surface area contributed by atoms with E-state index in [1.54, 1.807) is 23.1 Å². The summed E-state index contributed by atoms with van der Waals surface area (Å²) < 4.78 is 40.7. The second-order valence-electron chi connectivity index (χ2n) is 6.19. The molecule has 0 unspecified atom stereocenters. The molecule has 28 heavy (non-hydrogen) atoms. The van der Waals surface area contributed by atoms with Crippen LogP contribution in [0.1, 0.15) is 5.69 Å². The minimum atomic E-state index is -4.60. The van der Waals surface area contributed by atoms with Gasteiger partial charge in [-0.25, -0.2) is 4.98 Å². The highest BCUT2D eigenvalue weighted by molar-refractivity contribution is 5.64. The predicted octanol–water partition coefficient (Wildman–Crippen LogP) is 2.38. The van der Waals surface area contributed by atoms with E-state index in [1.807, 2.05) is 4.90 Å². The second-order valence-corrected chi connectivity index (χ2v) is 6.19. The number of alkyl halides is 3. The molecule has 1 fully saturated rings. The Bertz CT molecular complexity index is 1030. The number of piperazine rings is 1. The molecule has 0 bridgehead atoms. The lowest BCUT2D eigenvalue weighted by Crippen LogP contribution is -2.47. The molecule has 0 aliphatic carbocycles. The van der Waals surface area contributed by atoms with E-state index in [-0.39, 0.29) is 17.3 Å². The highest BCUT2D eigenvalue weighted by Gasteiger charge is 2.35. The van der Waals surface area contributed by atoms with Gasteiger partial charge in [0, 0.05) is 38.3 Å². The Morgan fingerprint density at radius 3 is 2.43 bits per heavy atom. The normalized spacial score (nSPS) is 15.2. The van der Waals surface area contributed by atoms with Gasteiger partial charge < -0.3 is 9.80 Å². The van der Waals surface area contributed by atoms with Gasteiger partial charge in [-0.1, -0.05) is 12.1 Å². The van der Waals surface area contributed by atoms with Crippen molar-refractivity contribution in [1.29, 1.82) is 0 Å². The number of rotatable bonds is 3. The van der Waals surface area contributed by atoms with Crippen molar-refractivity contribution in [3.8, 4) is 0 Å². The SMILES string of the molecule is O=[N+]([O-])c1ccccc1N1CCN(c2cc(C(F)(F)F)nc3ncnn23)CC1. The number of halogens is 3. The molecule has 4 rings (SSSR count). The van der Waals surface area contributed by atoms with Crippen molar-refractivity contribution in [3.05, 3.63) is 52.5 Å². The number of para-hydroxylation sites is 2. The number of nitro groups is 1. The van der Waals surface area contributed by atoms with Crippen molar-refractivity contribution in [2.45, 2.75) is 6.18 Å². The van der Waals surface area contributed by atoms with Gasteiger partial charge in [0.1, 0.15) is 17.8 Å². The van der Waals surface area contributed by atoms with Gasteiger partial charge in [-0.15, -0.1) is 0 Å². The monoisotopic (exact) mass is 393 g/mol. The number of hydrogen-bond acceptors (Lipinski definition) is 7. The highest BCUT2D eigenvalue weighted by Crippen LogP contribution is 2.32. The van der Waals surface area contributed by atoms with Crippen LogP contribution in [0.15, 0.2) is 36.7 Å². The highest BCUT2D eigenvalue weighted by atomic mass is 19.4. The second kappa shape index (κ2) is 6.62. The van der Waals surface area contributed by atoms with Crippen molar-refractivity contribution in [3.63, 3.8) is 0 Å². The van der Waals surface area contributed by atoms with E-state index in [0.29, 0.717) is 31.9 Å². The molecule has 0 atom stereocenters. The Morgan fingerprint density at radius 1 is 1.07 bits per heavy atom. The summed E-state index contributed by atoms with van der Waals surface area (Å²) in [5.41, 5.74) is -0.550. The minimum Gasteiger partial charge on any atom is -0.362 e. The number of hydrogen-bond donors (Lipinski definition) is 0. The number of nitrogens with zero attached hydrogens (tertiary/aromatic N) is 7. The maximum absolute atomic E-state index is 13.2. The first-order chi connectivity index (χ1) is 13.3. The molecule has 0 N–H and O–H groups in total. The summed E-state index contributed by atoms with van der Waals surface area (Å²) in [6.07, 6.45) is -3.45. The molecule has 146 valence electrons. The van der Waals surface area contributed by atoms with E-state index < -0.39 is 16.8 Å². The standard InChI is InChI=1S/C16H14F3N7O2/c17-16(18,19)13-9-14(25-15(22-13)20-10-21-25)24-7-5-23(6-8-24)11-3-1-2-4-12(11)26(27)28/h1-4,9-10H,5-8H2. The predicted molar refractivity (Wildman–Crippen MR) is 93.3 cm³/mol. The lowest BCUT2D eigenvalue weighted by atomic mass is 10.2. The van der Waals surface area contributed by atoms with Crippen molar-refractivity contribution in [1.82, 2.24) is 19.6 Å². The molecule has 1 aromatic carbocycles. The van der Waals surface area contributed by atoms with Gasteiger partial charge in [0.15, 0.2) is 5.69 Å². The molecule has 3 heterocycles.